The van der Waals surface area contributed by atoms with Gasteiger partial charge in [-0.15, -0.1) is 5.10 Å². The third-order valence-electron chi connectivity index (χ3n) is 6.04. The number of halogens is 2. The minimum atomic E-state index is -0.660. The number of nitrogens with one attached hydrogen (secondary N) is 1. The molecule has 0 aliphatic carbocycles. The fourth-order valence-electron chi connectivity index (χ4n) is 4.42. The molecule has 2 aromatic carbocycles. The van der Waals surface area contributed by atoms with E-state index >= 15 is 0 Å². The van der Waals surface area contributed by atoms with Gasteiger partial charge in [0.15, 0.2) is 0 Å². The molecule has 5 rings (SSSR count). The van der Waals surface area contributed by atoms with E-state index < -0.39 is 11.6 Å². The van der Waals surface area contributed by atoms with Crippen molar-refractivity contribution in [1.29, 1.82) is 0 Å². The first-order valence-corrected chi connectivity index (χ1v) is 10.8. The second-order valence-corrected chi connectivity index (χ2v) is 8.54. The number of anilines is 3. The maximum Gasteiger partial charge on any atom is 0.246 e. The Labute approximate surface area is 187 Å². The Morgan fingerprint density at radius 1 is 1.06 bits per heavy atom. The predicted molar refractivity (Wildman–Crippen MR) is 121 cm³/mol. The molecule has 0 radical (unpaired) electrons. The van der Waals surface area contributed by atoms with Crippen molar-refractivity contribution in [2.75, 3.05) is 43.1 Å². The Balaban J connectivity index is 0.00000259. The summed E-state index contributed by atoms with van der Waals surface area (Å²) in [5.74, 6) is -0.963. The first-order valence-electron chi connectivity index (χ1n) is 10.8. The monoisotopic (exact) mass is 442 g/mol. The highest BCUT2D eigenvalue weighted by atomic mass is 19.1. The molecule has 2 aliphatic rings. The molecule has 9 heteroatoms. The van der Waals surface area contributed by atoms with Gasteiger partial charge in [0, 0.05) is 50.6 Å². The van der Waals surface area contributed by atoms with Crippen LogP contribution in [-0.2, 0) is 4.74 Å². The van der Waals surface area contributed by atoms with Crippen LogP contribution in [0.3, 0.4) is 0 Å². The van der Waals surface area contributed by atoms with Crippen molar-refractivity contribution in [1.82, 2.24) is 19.7 Å². The van der Waals surface area contributed by atoms with Crippen LogP contribution >= 0.6 is 0 Å². The van der Waals surface area contributed by atoms with E-state index in [-0.39, 0.29) is 7.11 Å². The predicted octanol–water partition coefficient (Wildman–Crippen LogP) is 3.75. The Kier molecular flexibility index (Phi) is 5.52. The van der Waals surface area contributed by atoms with Crippen LogP contribution in [0, 0.1) is 18.6 Å². The van der Waals surface area contributed by atoms with E-state index in [1.54, 1.807) is 0 Å². The second-order valence-electron chi connectivity index (χ2n) is 8.54. The summed E-state index contributed by atoms with van der Waals surface area (Å²) in [5, 5.41) is 7.51. The van der Waals surface area contributed by atoms with Crippen LogP contribution in [-0.4, -0.2) is 64.6 Å². The van der Waals surface area contributed by atoms with Gasteiger partial charge in [-0.05, 0) is 49.7 Å². The van der Waals surface area contributed by atoms with Crippen molar-refractivity contribution >= 4 is 17.3 Å². The van der Waals surface area contributed by atoms with Crippen LogP contribution < -0.4 is 10.2 Å². The van der Waals surface area contributed by atoms with Gasteiger partial charge in [0.25, 0.3) is 0 Å². The molecule has 0 saturated carbocycles. The van der Waals surface area contributed by atoms with Crippen LogP contribution in [0.5, 0.6) is 0 Å². The minimum absolute atomic E-state index is 0. The lowest BCUT2D eigenvalue weighted by Crippen LogP contribution is -2.63. The molecule has 0 amide bonds. The molecular formula is C23H28F2N6O. The summed E-state index contributed by atoms with van der Waals surface area (Å²) in [6.45, 7) is 8.86. The second kappa shape index (κ2) is 8.48. The Hall–Kier alpha value is -3.04. The number of nitrogens with zero attached hydrogens (tertiary/aromatic N) is 5. The molecule has 7 nitrogen and oxygen atoms in total. The van der Waals surface area contributed by atoms with Gasteiger partial charge in [-0.2, -0.15) is 4.98 Å². The van der Waals surface area contributed by atoms with E-state index in [0.29, 0.717) is 18.0 Å². The first kappa shape index (κ1) is 20.8. The van der Waals surface area contributed by atoms with E-state index in [9.17, 15) is 8.78 Å². The number of morpholine rings is 1. The summed E-state index contributed by atoms with van der Waals surface area (Å²) < 4.78 is 33.9. The summed E-state index contributed by atoms with van der Waals surface area (Å²) in [6.07, 6.45) is 1.43. The minimum Gasteiger partial charge on any atom is -0.379 e. The molecule has 2 fully saturated rings. The van der Waals surface area contributed by atoms with Gasteiger partial charge in [0.05, 0.1) is 18.9 Å². The molecule has 32 heavy (non-hydrogen) atoms. The molecule has 1 aromatic heterocycles. The molecule has 3 heterocycles. The number of ether oxygens (including phenoxy) is 1. The van der Waals surface area contributed by atoms with Crippen molar-refractivity contribution in [2.24, 2.45) is 0 Å². The van der Waals surface area contributed by atoms with Crippen LogP contribution in [0.25, 0.3) is 5.69 Å². The third kappa shape index (κ3) is 4.31. The highest BCUT2D eigenvalue weighted by molar-refractivity contribution is 5.65. The van der Waals surface area contributed by atoms with Gasteiger partial charge < -0.3 is 15.0 Å². The summed E-state index contributed by atoms with van der Waals surface area (Å²) in [4.78, 5) is 9.14. The smallest absolute Gasteiger partial charge is 0.246 e. The van der Waals surface area contributed by atoms with Gasteiger partial charge >= 0.3 is 0 Å². The third-order valence-corrected chi connectivity index (χ3v) is 6.04. The highest BCUT2D eigenvalue weighted by Crippen LogP contribution is 2.30. The molecule has 0 spiro atoms. The van der Waals surface area contributed by atoms with Gasteiger partial charge in [-0.1, -0.05) is 0 Å². The topological polar surface area (TPSA) is 58.5 Å². The fraction of sp³-hybridized carbons (Fsp3) is 0.391. The Bertz CT molecular complexity index is 1100. The zero-order chi connectivity index (χ0) is 22.2. The molecule has 3 aromatic rings. The summed E-state index contributed by atoms with van der Waals surface area (Å²) in [5.41, 5.74) is 3.42. The molecule has 2 aliphatic heterocycles. The molecule has 170 valence electrons. The summed E-state index contributed by atoms with van der Waals surface area (Å²) in [6, 6.07) is 10.5. The number of rotatable bonds is 5. The zero-order valence-electron chi connectivity index (χ0n) is 18.1. The van der Waals surface area contributed by atoms with Gasteiger partial charge in [-0.3, -0.25) is 4.90 Å². The lowest BCUT2D eigenvalue weighted by atomic mass is 10.0. The van der Waals surface area contributed by atoms with Gasteiger partial charge in [0.1, 0.15) is 18.0 Å². The number of hydrogen-bond acceptors (Lipinski definition) is 6. The van der Waals surface area contributed by atoms with Crippen molar-refractivity contribution in [2.45, 2.75) is 25.9 Å². The van der Waals surface area contributed by atoms with Crippen molar-refractivity contribution in [3.63, 3.8) is 0 Å². The maximum atomic E-state index is 13.5. The van der Waals surface area contributed by atoms with Gasteiger partial charge in [0.2, 0.25) is 5.95 Å². The SMILES string of the molecule is Cc1cc(Nc2ncn(-c3cc(F)cc(F)c3)n2)cc(N2CC(N3CCOC[C@@H]3C)C2)c1.[HH]. The zero-order valence-corrected chi connectivity index (χ0v) is 18.1. The van der Waals surface area contributed by atoms with E-state index in [1.165, 1.54) is 23.1 Å². The molecule has 1 N–H and O–H groups in total. The molecule has 0 unspecified atom stereocenters. The average molecular weight is 443 g/mol. The fourth-order valence-corrected chi connectivity index (χ4v) is 4.42. The number of hydrogen-bond donors (Lipinski definition) is 1. The molecule has 2 saturated heterocycles. The van der Waals surface area contributed by atoms with Crippen molar-refractivity contribution in [3.8, 4) is 5.69 Å². The van der Waals surface area contributed by atoms with Crippen LogP contribution in [0.4, 0.5) is 26.1 Å². The Morgan fingerprint density at radius 2 is 1.84 bits per heavy atom. The van der Waals surface area contributed by atoms with Crippen LogP contribution in [0.15, 0.2) is 42.7 Å². The quantitative estimate of drug-likeness (QED) is 0.650. The number of aryl methyl sites for hydroxylation is 1. The van der Waals surface area contributed by atoms with E-state index in [0.717, 1.165) is 55.9 Å². The van der Waals surface area contributed by atoms with Crippen molar-refractivity contribution < 1.29 is 14.9 Å². The van der Waals surface area contributed by atoms with E-state index in [4.69, 9.17) is 4.74 Å². The lowest BCUT2D eigenvalue weighted by molar-refractivity contribution is -0.0274. The van der Waals surface area contributed by atoms with E-state index in [2.05, 4.69) is 51.2 Å². The van der Waals surface area contributed by atoms with Crippen LogP contribution in [0.2, 0.25) is 0 Å². The largest absolute Gasteiger partial charge is 0.379 e. The molecule has 0 bridgehead atoms. The number of benzene rings is 2. The molecule has 1 atom stereocenters. The Morgan fingerprint density at radius 3 is 2.59 bits per heavy atom. The lowest BCUT2D eigenvalue weighted by Gasteiger charge is -2.50. The first-order chi connectivity index (χ1) is 15.4. The summed E-state index contributed by atoms with van der Waals surface area (Å²) in [7, 11) is 0. The van der Waals surface area contributed by atoms with Crippen molar-refractivity contribution in [3.05, 3.63) is 59.9 Å². The average Bonchev–Trinajstić information content (AvgIpc) is 3.16. The molecular weight excluding hydrogens is 414 g/mol. The van der Waals surface area contributed by atoms with Crippen LogP contribution in [0.1, 0.15) is 13.9 Å². The highest BCUT2D eigenvalue weighted by Gasteiger charge is 2.35. The van der Waals surface area contributed by atoms with Gasteiger partial charge in [-0.25, -0.2) is 13.5 Å². The van der Waals surface area contributed by atoms with E-state index in [1.807, 2.05) is 6.07 Å². The maximum absolute atomic E-state index is 13.5. The summed E-state index contributed by atoms with van der Waals surface area (Å²) >= 11 is 0. The number of aromatic nitrogens is 3. The standard InChI is InChI=1S/C23H26F2N6O.H2/c1-15-5-19(27-23-26-14-31(28-23)21-8-17(24)7-18(25)9-21)10-20(6-15)29-11-22(12-29)30-3-4-32-13-16(30)2;/h5-10,14,16,22H,3-4,11-13H2,1-2H3,(H,27,28);1H/t16-;/m0./s1. The normalized spacial score (nSPS) is 19.8.